The molecule has 3 rings (SSSR count). The Kier molecular flexibility index (Phi) is 4.92. The van der Waals surface area contributed by atoms with Gasteiger partial charge in [-0.25, -0.2) is 0 Å². The van der Waals surface area contributed by atoms with Gasteiger partial charge in [0.15, 0.2) is 5.82 Å². The molecular formula is C16H24N6O2. The largest absolute Gasteiger partial charge is 0.342 e. The minimum absolute atomic E-state index is 0.131. The Morgan fingerprint density at radius 3 is 2.96 bits per heavy atom. The van der Waals surface area contributed by atoms with Gasteiger partial charge in [-0.05, 0) is 12.8 Å². The topological polar surface area (TPSA) is 89.9 Å². The lowest BCUT2D eigenvalue weighted by atomic mass is 9.97. The molecule has 0 aliphatic carbocycles. The fourth-order valence-corrected chi connectivity index (χ4v) is 3.05. The van der Waals surface area contributed by atoms with E-state index in [0.29, 0.717) is 31.1 Å². The van der Waals surface area contributed by atoms with Gasteiger partial charge in [0.25, 0.3) is 0 Å². The van der Waals surface area contributed by atoms with Crippen LogP contribution in [-0.4, -0.2) is 48.8 Å². The molecule has 0 aromatic carbocycles. The number of hydrogen-bond donors (Lipinski definition) is 0. The number of piperidine rings is 1. The van der Waals surface area contributed by atoms with Gasteiger partial charge in [-0.3, -0.25) is 4.79 Å². The third-order valence-electron chi connectivity index (χ3n) is 4.44. The van der Waals surface area contributed by atoms with Crippen LogP contribution in [0.3, 0.4) is 0 Å². The van der Waals surface area contributed by atoms with Crippen LogP contribution >= 0.6 is 0 Å². The van der Waals surface area contributed by atoms with E-state index in [4.69, 9.17) is 4.52 Å². The smallest absolute Gasteiger partial charge is 0.227 e. The number of aryl methyl sites for hydroxylation is 2. The SMILES string of the molecule is CC(C)c1noc(CCC(=O)N2CCCC(c3nncn3C)C2)n1. The molecule has 1 saturated heterocycles. The summed E-state index contributed by atoms with van der Waals surface area (Å²) in [5, 5.41) is 12.1. The zero-order chi connectivity index (χ0) is 17.1. The van der Waals surface area contributed by atoms with Crippen molar-refractivity contribution >= 4 is 5.91 Å². The van der Waals surface area contributed by atoms with E-state index in [1.54, 1.807) is 6.33 Å². The molecule has 1 unspecified atom stereocenters. The number of amides is 1. The molecule has 0 radical (unpaired) electrons. The molecule has 1 amide bonds. The van der Waals surface area contributed by atoms with Crippen LogP contribution < -0.4 is 0 Å². The summed E-state index contributed by atoms with van der Waals surface area (Å²) in [5.74, 6) is 2.79. The first-order valence-electron chi connectivity index (χ1n) is 8.48. The summed E-state index contributed by atoms with van der Waals surface area (Å²) < 4.78 is 7.14. The molecule has 0 saturated carbocycles. The van der Waals surface area contributed by atoms with Crippen molar-refractivity contribution in [1.82, 2.24) is 29.8 Å². The number of nitrogens with zero attached hydrogens (tertiary/aromatic N) is 6. The third-order valence-corrected chi connectivity index (χ3v) is 4.44. The minimum atomic E-state index is 0.131. The molecule has 1 atom stereocenters. The molecule has 0 N–H and O–H groups in total. The molecule has 1 fully saturated rings. The first-order valence-corrected chi connectivity index (χ1v) is 8.48. The quantitative estimate of drug-likeness (QED) is 0.827. The summed E-state index contributed by atoms with van der Waals surface area (Å²) >= 11 is 0. The molecule has 1 aliphatic heterocycles. The van der Waals surface area contributed by atoms with Crippen LogP contribution in [0, 0.1) is 0 Å². The molecular weight excluding hydrogens is 308 g/mol. The van der Waals surface area contributed by atoms with Crippen molar-refractivity contribution in [2.45, 2.75) is 51.4 Å². The Labute approximate surface area is 141 Å². The standard InChI is InChI=1S/C16H24N6O2/c1-11(2)15-18-13(24-20-15)6-7-14(23)22-8-4-5-12(9-22)16-19-17-10-21(16)3/h10-12H,4-9H2,1-3H3. The van der Waals surface area contributed by atoms with Crippen molar-refractivity contribution in [2.75, 3.05) is 13.1 Å². The number of aromatic nitrogens is 5. The Morgan fingerprint density at radius 1 is 1.46 bits per heavy atom. The van der Waals surface area contributed by atoms with Crippen LogP contribution in [0.2, 0.25) is 0 Å². The van der Waals surface area contributed by atoms with E-state index in [9.17, 15) is 4.79 Å². The van der Waals surface area contributed by atoms with Crippen molar-refractivity contribution in [2.24, 2.45) is 7.05 Å². The third kappa shape index (κ3) is 3.63. The second-order valence-corrected chi connectivity index (χ2v) is 6.68. The number of carbonyl (C=O) groups excluding carboxylic acids is 1. The normalized spacial score (nSPS) is 18.3. The second kappa shape index (κ2) is 7.11. The van der Waals surface area contributed by atoms with Crippen molar-refractivity contribution < 1.29 is 9.32 Å². The van der Waals surface area contributed by atoms with Gasteiger partial charge in [-0.15, -0.1) is 10.2 Å². The first-order chi connectivity index (χ1) is 11.5. The van der Waals surface area contributed by atoms with Crippen molar-refractivity contribution in [3.05, 3.63) is 23.9 Å². The second-order valence-electron chi connectivity index (χ2n) is 6.68. The fourth-order valence-electron chi connectivity index (χ4n) is 3.05. The predicted octanol–water partition coefficient (Wildman–Crippen LogP) is 1.66. The Hall–Kier alpha value is -2.25. The maximum absolute atomic E-state index is 12.5. The van der Waals surface area contributed by atoms with Crippen LogP contribution in [0.1, 0.15) is 62.5 Å². The van der Waals surface area contributed by atoms with E-state index in [1.165, 1.54) is 0 Å². The number of carbonyl (C=O) groups is 1. The lowest BCUT2D eigenvalue weighted by Gasteiger charge is -2.32. The number of hydrogen-bond acceptors (Lipinski definition) is 6. The summed E-state index contributed by atoms with van der Waals surface area (Å²) in [4.78, 5) is 18.7. The van der Waals surface area contributed by atoms with E-state index in [0.717, 1.165) is 25.2 Å². The summed E-state index contributed by atoms with van der Waals surface area (Å²) in [6.07, 6.45) is 4.62. The maximum atomic E-state index is 12.5. The lowest BCUT2D eigenvalue weighted by Crippen LogP contribution is -2.39. The van der Waals surface area contributed by atoms with Gasteiger partial charge in [0.05, 0.1) is 0 Å². The van der Waals surface area contributed by atoms with E-state index in [-0.39, 0.29) is 17.7 Å². The number of likely N-dealkylation sites (tertiary alicyclic amines) is 1. The Bertz CT molecular complexity index is 692. The van der Waals surface area contributed by atoms with Crippen LogP contribution in [-0.2, 0) is 18.3 Å². The van der Waals surface area contributed by atoms with Gasteiger partial charge in [0, 0.05) is 44.8 Å². The summed E-state index contributed by atoms with van der Waals surface area (Å²) in [6.45, 7) is 5.53. The highest BCUT2D eigenvalue weighted by molar-refractivity contribution is 5.76. The van der Waals surface area contributed by atoms with Gasteiger partial charge < -0.3 is 14.0 Å². The lowest BCUT2D eigenvalue weighted by molar-refractivity contribution is -0.132. The Morgan fingerprint density at radius 2 is 2.29 bits per heavy atom. The van der Waals surface area contributed by atoms with E-state index in [2.05, 4.69) is 20.3 Å². The van der Waals surface area contributed by atoms with E-state index < -0.39 is 0 Å². The van der Waals surface area contributed by atoms with Gasteiger partial charge in [0.1, 0.15) is 12.2 Å². The highest BCUT2D eigenvalue weighted by atomic mass is 16.5. The summed E-state index contributed by atoms with van der Waals surface area (Å²) in [5.41, 5.74) is 0. The van der Waals surface area contributed by atoms with Crippen LogP contribution in [0.4, 0.5) is 0 Å². The molecule has 2 aromatic rings. The first kappa shape index (κ1) is 16.6. The fraction of sp³-hybridized carbons (Fsp3) is 0.688. The molecule has 0 spiro atoms. The molecule has 1 aliphatic rings. The average molecular weight is 332 g/mol. The predicted molar refractivity (Wildman–Crippen MR) is 86.3 cm³/mol. The maximum Gasteiger partial charge on any atom is 0.227 e. The molecule has 2 aromatic heterocycles. The zero-order valence-corrected chi connectivity index (χ0v) is 14.5. The van der Waals surface area contributed by atoms with E-state index in [1.807, 2.05) is 30.4 Å². The minimum Gasteiger partial charge on any atom is -0.342 e. The number of rotatable bonds is 5. The highest BCUT2D eigenvalue weighted by Crippen LogP contribution is 2.25. The molecule has 3 heterocycles. The van der Waals surface area contributed by atoms with Crippen molar-refractivity contribution in [3.63, 3.8) is 0 Å². The van der Waals surface area contributed by atoms with E-state index >= 15 is 0 Å². The summed E-state index contributed by atoms with van der Waals surface area (Å²) in [7, 11) is 1.94. The molecule has 130 valence electrons. The van der Waals surface area contributed by atoms with Crippen LogP contribution in [0.15, 0.2) is 10.9 Å². The highest BCUT2D eigenvalue weighted by Gasteiger charge is 2.27. The van der Waals surface area contributed by atoms with Crippen LogP contribution in [0.5, 0.6) is 0 Å². The zero-order valence-electron chi connectivity index (χ0n) is 14.5. The van der Waals surface area contributed by atoms with Gasteiger partial charge in [0.2, 0.25) is 11.8 Å². The summed E-state index contributed by atoms with van der Waals surface area (Å²) in [6, 6.07) is 0. The van der Waals surface area contributed by atoms with Gasteiger partial charge in [-0.1, -0.05) is 19.0 Å². The Balaban J connectivity index is 1.55. The monoisotopic (exact) mass is 332 g/mol. The molecule has 24 heavy (non-hydrogen) atoms. The van der Waals surface area contributed by atoms with Gasteiger partial charge >= 0.3 is 0 Å². The molecule has 0 bridgehead atoms. The molecule has 8 nitrogen and oxygen atoms in total. The van der Waals surface area contributed by atoms with Crippen molar-refractivity contribution in [3.8, 4) is 0 Å². The van der Waals surface area contributed by atoms with Gasteiger partial charge in [-0.2, -0.15) is 4.98 Å². The molecule has 8 heteroatoms. The van der Waals surface area contributed by atoms with Crippen molar-refractivity contribution in [1.29, 1.82) is 0 Å². The average Bonchev–Trinajstić information content (AvgIpc) is 3.21. The van der Waals surface area contributed by atoms with Crippen LogP contribution in [0.25, 0.3) is 0 Å².